The smallest absolute Gasteiger partial charge is 0.258 e. The lowest BCUT2D eigenvalue weighted by atomic mass is 10.1. The highest BCUT2D eigenvalue weighted by Gasteiger charge is 2.17. The molecule has 1 amide bonds. The van der Waals surface area contributed by atoms with Crippen molar-refractivity contribution in [2.45, 2.75) is 17.6 Å². The van der Waals surface area contributed by atoms with Gasteiger partial charge in [0.25, 0.3) is 5.91 Å². The van der Waals surface area contributed by atoms with Gasteiger partial charge in [-0.05, 0) is 48.9 Å². The average molecular weight is 379 g/mol. The molecule has 0 spiro atoms. The van der Waals surface area contributed by atoms with Gasteiger partial charge in [0.05, 0.1) is 10.6 Å². The van der Waals surface area contributed by atoms with E-state index in [0.29, 0.717) is 21.7 Å². The van der Waals surface area contributed by atoms with E-state index in [2.05, 4.69) is 0 Å². The standard InChI is InChI=1S/C22H21NO3S/c1-17-11-13-21(14-12-17)27(25,26)16-18-7-6-10-20(15-18)23(2)22(24)19-8-4-3-5-9-19/h3-15H,16H2,1-2H3. The Morgan fingerprint density at radius 2 is 1.56 bits per heavy atom. The van der Waals surface area contributed by atoms with Crippen LogP contribution in [0.5, 0.6) is 0 Å². The van der Waals surface area contributed by atoms with Crippen molar-refractivity contribution in [1.29, 1.82) is 0 Å². The van der Waals surface area contributed by atoms with Crippen LogP contribution in [0.2, 0.25) is 0 Å². The highest BCUT2D eigenvalue weighted by molar-refractivity contribution is 7.90. The van der Waals surface area contributed by atoms with E-state index in [-0.39, 0.29) is 11.7 Å². The highest BCUT2D eigenvalue weighted by atomic mass is 32.2. The lowest BCUT2D eigenvalue weighted by Gasteiger charge is -2.18. The summed E-state index contributed by atoms with van der Waals surface area (Å²) < 4.78 is 25.3. The van der Waals surface area contributed by atoms with Crippen molar-refractivity contribution in [3.63, 3.8) is 0 Å². The van der Waals surface area contributed by atoms with Crippen LogP contribution < -0.4 is 4.90 Å². The second-order valence-corrected chi connectivity index (χ2v) is 8.46. The Labute approximate surface area is 160 Å². The second-order valence-electron chi connectivity index (χ2n) is 6.47. The largest absolute Gasteiger partial charge is 0.311 e. The first kappa shape index (κ1) is 18.9. The van der Waals surface area contributed by atoms with E-state index < -0.39 is 9.84 Å². The van der Waals surface area contributed by atoms with Crippen molar-refractivity contribution in [2.24, 2.45) is 0 Å². The number of aryl methyl sites for hydroxylation is 1. The minimum absolute atomic E-state index is 0.114. The van der Waals surface area contributed by atoms with Gasteiger partial charge >= 0.3 is 0 Å². The molecule has 4 nitrogen and oxygen atoms in total. The first-order valence-electron chi connectivity index (χ1n) is 8.58. The molecule has 0 aliphatic carbocycles. The Morgan fingerprint density at radius 1 is 0.889 bits per heavy atom. The van der Waals surface area contributed by atoms with E-state index in [1.807, 2.05) is 25.1 Å². The van der Waals surface area contributed by atoms with Gasteiger partial charge in [0.2, 0.25) is 0 Å². The predicted molar refractivity (Wildman–Crippen MR) is 108 cm³/mol. The summed E-state index contributed by atoms with van der Waals surface area (Å²) in [7, 11) is -1.76. The van der Waals surface area contributed by atoms with E-state index >= 15 is 0 Å². The molecule has 138 valence electrons. The van der Waals surface area contributed by atoms with Crippen molar-refractivity contribution in [3.8, 4) is 0 Å². The summed E-state index contributed by atoms with van der Waals surface area (Å²) in [6.45, 7) is 1.92. The number of benzene rings is 3. The molecular weight excluding hydrogens is 358 g/mol. The number of amides is 1. The quantitative estimate of drug-likeness (QED) is 0.666. The van der Waals surface area contributed by atoms with Crippen LogP contribution in [0.15, 0.2) is 83.8 Å². The number of carbonyl (C=O) groups excluding carboxylic acids is 1. The number of nitrogens with zero attached hydrogens (tertiary/aromatic N) is 1. The van der Waals surface area contributed by atoms with Crippen LogP contribution in [0.1, 0.15) is 21.5 Å². The van der Waals surface area contributed by atoms with Gasteiger partial charge < -0.3 is 4.90 Å². The molecule has 3 aromatic rings. The van der Waals surface area contributed by atoms with E-state index in [0.717, 1.165) is 5.56 Å². The van der Waals surface area contributed by atoms with E-state index in [1.165, 1.54) is 4.90 Å². The third kappa shape index (κ3) is 4.44. The molecule has 3 rings (SSSR count). The van der Waals surface area contributed by atoms with E-state index in [4.69, 9.17) is 0 Å². The molecule has 0 N–H and O–H groups in total. The lowest BCUT2D eigenvalue weighted by molar-refractivity contribution is 0.0993. The number of carbonyl (C=O) groups is 1. The fraction of sp³-hybridized carbons (Fsp3) is 0.136. The van der Waals surface area contributed by atoms with Crippen LogP contribution in [0, 0.1) is 6.92 Å². The molecule has 0 atom stereocenters. The first-order chi connectivity index (χ1) is 12.9. The van der Waals surface area contributed by atoms with Gasteiger partial charge in [0, 0.05) is 18.3 Å². The SMILES string of the molecule is Cc1ccc(S(=O)(=O)Cc2cccc(N(C)C(=O)c3ccccc3)c2)cc1. The number of sulfone groups is 1. The number of hydrogen-bond acceptors (Lipinski definition) is 3. The molecular formula is C22H21NO3S. The zero-order chi connectivity index (χ0) is 19.4. The van der Waals surface area contributed by atoms with Gasteiger partial charge in [-0.3, -0.25) is 4.79 Å². The van der Waals surface area contributed by atoms with Gasteiger partial charge in [-0.25, -0.2) is 8.42 Å². The van der Waals surface area contributed by atoms with E-state index in [1.54, 1.807) is 67.7 Å². The molecule has 0 unspecified atom stereocenters. The monoisotopic (exact) mass is 379 g/mol. The van der Waals surface area contributed by atoms with Crippen LogP contribution in [-0.2, 0) is 15.6 Å². The van der Waals surface area contributed by atoms with Crippen molar-refractivity contribution >= 4 is 21.4 Å². The summed E-state index contributed by atoms with van der Waals surface area (Å²) in [5.74, 6) is -0.258. The number of hydrogen-bond donors (Lipinski definition) is 0. The van der Waals surface area contributed by atoms with Crippen LogP contribution in [0.4, 0.5) is 5.69 Å². The predicted octanol–water partition coefficient (Wildman–Crippen LogP) is 4.25. The Hall–Kier alpha value is -2.92. The summed E-state index contributed by atoms with van der Waals surface area (Å²) in [4.78, 5) is 14.4. The van der Waals surface area contributed by atoms with Crippen LogP contribution >= 0.6 is 0 Å². The number of rotatable bonds is 5. The molecule has 0 saturated heterocycles. The average Bonchev–Trinajstić information content (AvgIpc) is 2.67. The van der Waals surface area contributed by atoms with Crippen molar-refractivity contribution < 1.29 is 13.2 Å². The fourth-order valence-corrected chi connectivity index (χ4v) is 4.13. The van der Waals surface area contributed by atoms with Crippen LogP contribution in [0.25, 0.3) is 0 Å². The first-order valence-corrected chi connectivity index (χ1v) is 10.2. The zero-order valence-corrected chi connectivity index (χ0v) is 16.1. The molecule has 0 fully saturated rings. The normalized spacial score (nSPS) is 11.2. The molecule has 0 bridgehead atoms. The van der Waals surface area contributed by atoms with Gasteiger partial charge in [0.1, 0.15) is 0 Å². The molecule has 0 radical (unpaired) electrons. The zero-order valence-electron chi connectivity index (χ0n) is 15.3. The minimum Gasteiger partial charge on any atom is -0.311 e. The molecule has 5 heteroatoms. The summed E-state index contributed by atoms with van der Waals surface area (Å²) >= 11 is 0. The number of anilines is 1. The third-order valence-electron chi connectivity index (χ3n) is 4.36. The van der Waals surface area contributed by atoms with Crippen LogP contribution in [-0.4, -0.2) is 21.4 Å². The maximum atomic E-state index is 12.7. The molecule has 0 heterocycles. The Morgan fingerprint density at radius 3 is 2.22 bits per heavy atom. The van der Waals surface area contributed by atoms with Crippen molar-refractivity contribution in [2.75, 3.05) is 11.9 Å². The second kappa shape index (κ2) is 7.76. The van der Waals surface area contributed by atoms with Gasteiger partial charge in [0.15, 0.2) is 9.84 Å². The van der Waals surface area contributed by atoms with Gasteiger partial charge in [-0.15, -0.1) is 0 Å². The Balaban J connectivity index is 1.83. The molecule has 0 saturated carbocycles. The van der Waals surface area contributed by atoms with Gasteiger partial charge in [-0.2, -0.15) is 0 Å². The van der Waals surface area contributed by atoms with Crippen LogP contribution in [0.3, 0.4) is 0 Å². The third-order valence-corrected chi connectivity index (χ3v) is 6.06. The maximum absolute atomic E-state index is 12.7. The minimum atomic E-state index is -3.45. The Bertz CT molecular complexity index is 1040. The fourth-order valence-electron chi connectivity index (χ4n) is 2.79. The molecule has 27 heavy (non-hydrogen) atoms. The van der Waals surface area contributed by atoms with Crippen molar-refractivity contribution in [1.82, 2.24) is 0 Å². The topological polar surface area (TPSA) is 54.5 Å². The van der Waals surface area contributed by atoms with Gasteiger partial charge in [-0.1, -0.05) is 48.0 Å². The Kier molecular flexibility index (Phi) is 5.42. The summed E-state index contributed by atoms with van der Waals surface area (Å²) in [6, 6.07) is 22.9. The summed E-state index contributed by atoms with van der Waals surface area (Å²) in [5, 5.41) is 0. The highest BCUT2D eigenvalue weighted by Crippen LogP contribution is 2.22. The summed E-state index contributed by atoms with van der Waals surface area (Å²) in [6.07, 6.45) is 0. The van der Waals surface area contributed by atoms with E-state index in [9.17, 15) is 13.2 Å². The summed E-state index contributed by atoms with van der Waals surface area (Å²) in [5.41, 5.74) is 2.89. The lowest BCUT2D eigenvalue weighted by Crippen LogP contribution is -2.26. The van der Waals surface area contributed by atoms with Crippen molar-refractivity contribution in [3.05, 3.63) is 95.6 Å². The molecule has 0 aliphatic heterocycles. The molecule has 0 aliphatic rings. The molecule has 0 aromatic heterocycles. The molecule has 3 aromatic carbocycles. The maximum Gasteiger partial charge on any atom is 0.258 e.